The number of carbonyl (C=O) groups is 1. The van der Waals surface area contributed by atoms with E-state index in [2.05, 4.69) is 5.73 Å². The van der Waals surface area contributed by atoms with Gasteiger partial charge in [0.2, 0.25) is 0 Å². The molecule has 0 atom stereocenters. The summed E-state index contributed by atoms with van der Waals surface area (Å²) < 4.78 is 0. The van der Waals surface area contributed by atoms with Gasteiger partial charge in [-0.2, -0.15) is 0 Å². The third-order valence-corrected chi connectivity index (χ3v) is 0.0962. The Hall–Kier alpha value is 0.630. The van der Waals surface area contributed by atoms with Crippen LogP contribution in [0.15, 0.2) is 0 Å². The summed E-state index contributed by atoms with van der Waals surface area (Å²) in [5.74, 6) is 0. The van der Waals surface area contributed by atoms with E-state index in [0.717, 1.165) is 0 Å². The van der Waals surface area contributed by atoms with Crippen molar-refractivity contribution in [1.82, 2.24) is 0 Å². The van der Waals surface area contributed by atoms with Crippen LogP contribution in [0.5, 0.6) is 0 Å². The normalized spacial score (nSPS) is 5.00. The van der Waals surface area contributed by atoms with E-state index in [0.29, 0.717) is 6.29 Å². The standard InChI is InChI=1S/C2H5NO.Na.H/c3-1-2-4;;/h2H,1,3H2;;. The molecule has 0 spiro atoms. The number of nitrogens with two attached hydrogens (primary N) is 1. The van der Waals surface area contributed by atoms with Crippen molar-refractivity contribution in [3.63, 3.8) is 0 Å². The fraction of sp³-hybridized carbons (Fsp3) is 0.500. The Balaban J connectivity index is 0. The van der Waals surface area contributed by atoms with Crippen LogP contribution in [0.2, 0.25) is 0 Å². The van der Waals surface area contributed by atoms with E-state index >= 15 is 0 Å². The molecule has 0 aromatic rings. The van der Waals surface area contributed by atoms with Crippen molar-refractivity contribution in [1.29, 1.82) is 0 Å². The fourth-order valence-electron chi connectivity index (χ4n) is 0. The molecule has 0 bridgehead atoms. The predicted molar refractivity (Wildman–Crippen MR) is 22.3 cm³/mol. The Morgan fingerprint density at radius 3 is 2.00 bits per heavy atom. The second-order valence-corrected chi connectivity index (χ2v) is 0.402. The maximum atomic E-state index is 9.05. The van der Waals surface area contributed by atoms with Crippen LogP contribution in [-0.2, 0) is 4.79 Å². The van der Waals surface area contributed by atoms with E-state index in [1.807, 2.05) is 0 Å². The van der Waals surface area contributed by atoms with Gasteiger partial charge in [0.15, 0.2) is 0 Å². The molecule has 0 aliphatic heterocycles. The van der Waals surface area contributed by atoms with Crippen molar-refractivity contribution in [2.24, 2.45) is 5.73 Å². The summed E-state index contributed by atoms with van der Waals surface area (Å²) >= 11 is 0. The molecule has 0 heterocycles. The molecule has 2 N–H and O–H groups in total. The molecule has 0 radical (unpaired) electrons. The molecule has 5 heavy (non-hydrogen) atoms. The van der Waals surface area contributed by atoms with Crippen LogP contribution < -0.4 is 5.73 Å². The van der Waals surface area contributed by atoms with Gasteiger partial charge >= 0.3 is 29.6 Å². The van der Waals surface area contributed by atoms with Gasteiger partial charge in [0.05, 0.1) is 0 Å². The minimum atomic E-state index is 0. The van der Waals surface area contributed by atoms with E-state index in [1.165, 1.54) is 0 Å². The van der Waals surface area contributed by atoms with Crippen LogP contribution in [-0.4, -0.2) is 42.4 Å². The number of hydrogen-bond acceptors (Lipinski definition) is 2. The zero-order valence-electron chi connectivity index (χ0n) is 2.27. The quantitative estimate of drug-likeness (QED) is 0.309. The number of rotatable bonds is 1. The average Bonchev–Trinajstić information content (AvgIpc) is 1.37. The van der Waals surface area contributed by atoms with Crippen LogP contribution in [0, 0.1) is 0 Å². The van der Waals surface area contributed by atoms with Gasteiger partial charge in [0, 0.05) is 6.54 Å². The molecule has 2 nitrogen and oxygen atoms in total. The molecule has 0 fully saturated rings. The Bertz CT molecular complexity index is 23.6. The Morgan fingerprint density at radius 1 is 1.80 bits per heavy atom. The van der Waals surface area contributed by atoms with E-state index in [-0.39, 0.29) is 36.1 Å². The van der Waals surface area contributed by atoms with Gasteiger partial charge in [-0.1, -0.05) is 0 Å². The van der Waals surface area contributed by atoms with Gasteiger partial charge in [-0.15, -0.1) is 0 Å². The summed E-state index contributed by atoms with van der Waals surface area (Å²) in [4.78, 5) is 9.05. The van der Waals surface area contributed by atoms with E-state index in [1.54, 1.807) is 0 Å². The molecule has 0 aliphatic rings. The van der Waals surface area contributed by atoms with Crippen LogP contribution in [0.25, 0.3) is 0 Å². The van der Waals surface area contributed by atoms with Crippen molar-refractivity contribution in [3.8, 4) is 0 Å². The van der Waals surface area contributed by atoms with Gasteiger partial charge in [0.1, 0.15) is 6.29 Å². The molecule has 0 saturated heterocycles. The van der Waals surface area contributed by atoms with E-state index in [4.69, 9.17) is 4.79 Å². The Kier molecular flexibility index (Phi) is 16.2. The van der Waals surface area contributed by atoms with Crippen molar-refractivity contribution in [2.75, 3.05) is 6.54 Å². The van der Waals surface area contributed by atoms with E-state index < -0.39 is 0 Å². The van der Waals surface area contributed by atoms with Crippen molar-refractivity contribution in [3.05, 3.63) is 0 Å². The van der Waals surface area contributed by atoms with E-state index in [9.17, 15) is 0 Å². The van der Waals surface area contributed by atoms with Gasteiger partial charge in [-0.25, -0.2) is 0 Å². The zero-order valence-corrected chi connectivity index (χ0v) is 2.27. The molecule has 0 saturated carbocycles. The van der Waals surface area contributed by atoms with Crippen LogP contribution in [0.3, 0.4) is 0 Å². The molecule has 26 valence electrons. The monoisotopic (exact) mass is 83.0 g/mol. The number of carbonyl (C=O) groups excluding carboxylic acids is 1. The van der Waals surface area contributed by atoms with Gasteiger partial charge in [0.25, 0.3) is 0 Å². The average molecular weight is 83.1 g/mol. The number of hydrogen-bond donors (Lipinski definition) is 1. The number of aldehydes is 1. The predicted octanol–water partition coefficient (Wildman–Crippen LogP) is -1.50. The molecule has 0 aliphatic carbocycles. The molecule has 0 rings (SSSR count). The van der Waals surface area contributed by atoms with Crippen molar-refractivity contribution in [2.45, 2.75) is 0 Å². The molecule has 3 heteroatoms. The van der Waals surface area contributed by atoms with Gasteiger partial charge < -0.3 is 10.5 Å². The molecule has 0 amide bonds. The molecule has 0 unspecified atom stereocenters. The summed E-state index contributed by atoms with van der Waals surface area (Å²) in [7, 11) is 0. The summed E-state index contributed by atoms with van der Waals surface area (Å²) in [6, 6.07) is 0. The van der Waals surface area contributed by atoms with Crippen LogP contribution in [0.1, 0.15) is 0 Å². The first kappa shape index (κ1) is 9.16. The van der Waals surface area contributed by atoms with Crippen molar-refractivity contribution >= 4 is 35.8 Å². The SMILES string of the molecule is NCC=O.[NaH]. The molecule has 0 aromatic carbocycles. The maximum absolute atomic E-state index is 9.05. The second kappa shape index (κ2) is 8.82. The fourth-order valence-corrected chi connectivity index (χ4v) is 0. The molecular formula is C2H6NNaO. The third-order valence-electron chi connectivity index (χ3n) is 0.0962. The van der Waals surface area contributed by atoms with Gasteiger partial charge in [-0.05, 0) is 0 Å². The first-order valence-electron chi connectivity index (χ1n) is 1.05. The Morgan fingerprint density at radius 2 is 2.00 bits per heavy atom. The third kappa shape index (κ3) is 12.1. The van der Waals surface area contributed by atoms with Crippen molar-refractivity contribution < 1.29 is 4.79 Å². The van der Waals surface area contributed by atoms with Gasteiger partial charge in [-0.3, -0.25) is 0 Å². The summed E-state index contributed by atoms with van der Waals surface area (Å²) in [6.07, 6.45) is 0.653. The summed E-state index contributed by atoms with van der Waals surface area (Å²) in [5.41, 5.74) is 4.66. The first-order valence-corrected chi connectivity index (χ1v) is 1.05. The summed E-state index contributed by atoms with van der Waals surface area (Å²) in [5, 5.41) is 0. The molecular weight excluding hydrogens is 77.0 g/mol. The zero-order chi connectivity index (χ0) is 3.41. The van der Waals surface area contributed by atoms with Crippen LogP contribution in [0.4, 0.5) is 0 Å². The first-order chi connectivity index (χ1) is 1.91. The Labute approximate surface area is 53.0 Å². The summed E-state index contributed by atoms with van der Waals surface area (Å²) in [6.45, 7) is 0.139. The molecule has 0 aromatic heterocycles. The van der Waals surface area contributed by atoms with Crippen LogP contribution >= 0.6 is 0 Å². The minimum absolute atomic E-state index is 0. The second-order valence-electron chi connectivity index (χ2n) is 0.402. The topological polar surface area (TPSA) is 43.1 Å².